The van der Waals surface area contributed by atoms with Crippen molar-refractivity contribution in [3.05, 3.63) is 59.3 Å². The largest absolute Gasteiger partial charge is 0.416 e. The second kappa shape index (κ2) is 9.28. The molecular formula is C26H31F3N6. The number of likely N-dealkylation sites (tertiary alicyclic amines) is 1. The molecular weight excluding hydrogens is 453 g/mol. The topological polar surface area (TPSA) is 70.3 Å². The third-order valence-electron chi connectivity index (χ3n) is 7.67. The summed E-state index contributed by atoms with van der Waals surface area (Å²) in [5.41, 5.74) is 7.25. The zero-order valence-corrected chi connectivity index (χ0v) is 20.0. The number of fused-ring (bicyclic) bond motifs is 2. The Morgan fingerprint density at radius 2 is 1.97 bits per heavy atom. The van der Waals surface area contributed by atoms with Crippen molar-refractivity contribution in [3.63, 3.8) is 0 Å². The molecule has 3 atom stereocenters. The van der Waals surface area contributed by atoms with Crippen molar-refractivity contribution >= 4 is 22.3 Å². The molecule has 9 heteroatoms. The summed E-state index contributed by atoms with van der Waals surface area (Å²) in [5, 5.41) is 13.2. The molecule has 3 N–H and O–H groups in total. The van der Waals surface area contributed by atoms with E-state index in [1.54, 1.807) is 12.3 Å². The molecule has 5 rings (SSSR count). The number of halogens is 3. The summed E-state index contributed by atoms with van der Waals surface area (Å²) in [6.07, 6.45) is 0.0118. The van der Waals surface area contributed by atoms with Gasteiger partial charge in [0.05, 0.1) is 11.8 Å². The van der Waals surface area contributed by atoms with Gasteiger partial charge < -0.3 is 20.9 Å². The van der Waals surface area contributed by atoms with E-state index in [4.69, 9.17) is 5.73 Å². The molecule has 3 heterocycles. The Morgan fingerprint density at radius 3 is 2.77 bits per heavy atom. The van der Waals surface area contributed by atoms with Gasteiger partial charge in [-0.15, -0.1) is 5.10 Å². The van der Waals surface area contributed by atoms with E-state index in [-0.39, 0.29) is 5.56 Å². The molecule has 2 unspecified atom stereocenters. The fourth-order valence-electron chi connectivity index (χ4n) is 5.78. The van der Waals surface area contributed by atoms with Crippen LogP contribution < -0.4 is 16.0 Å². The number of piperidine rings is 2. The Labute approximate surface area is 203 Å². The van der Waals surface area contributed by atoms with Crippen molar-refractivity contribution in [1.82, 2.24) is 15.1 Å². The SMILES string of the molecule is Cc1c([C@@H](N)Nc2nncc3ccc(N4CCC5C(CCCN5C)C4)cc23)cccc1C(F)(F)F. The summed E-state index contributed by atoms with van der Waals surface area (Å²) < 4.78 is 40.1. The van der Waals surface area contributed by atoms with Crippen LogP contribution in [0.25, 0.3) is 10.8 Å². The van der Waals surface area contributed by atoms with E-state index in [0.717, 1.165) is 42.0 Å². The third kappa shape index (κ3) is 4.67. The van der Waals surface area contributed by atoms with Gasteiger partial charge in [-0.05, 0) is 75.0 Å². The van der Waals surface area contributed by atoms with Gasteiger partial charge in [0.1, 0.15) is 6.17 Å². The first-order valence-electron chi connectivity index (χ1n) is 12.1. The molecule has 2 saturated heterocycles. The minimum Gasteiger partial charge on any atom is -0.371 e. The minimum atomic E-state index is -4.44. The van der Waals surface area contributed by atoms with Crippen LogP contribution in [0.3, 0.4) is 0 Å². The fourth-order valence-corrected chi connectivity index (χ4v) is 5.78. The average molecular weight is 485 g/mol. The van der Waals surface area contributed by atoms with Crippen molar-refractivity contribution < 1.29 is 13.2 Å². The van der Waals surface area contributed by atoms with Crippen LogP contribution in [0.15, 0.2) is 42.6 Å². The molecule has 0 aliphatic carbocycles. The van der Waals surface area contributed by atoms with Crippen molar-refractivity contribution in [3.8, 4) is 0 Å². The van der Waals surface area contributed by atoms with Crippen molar-refractivity contribution in [1.29, 1.82) is 0 Å². The van der Waals surface area contributed by atoms with Gasteiger partial charge >= 0.3 is 6.18 Å². The molecule has 2 aliphatic heterocycles. The van der Waals surface area contributed by atoms with E-state index in [9.17, 15) is 13.2 Å². The van der Waals surface area contributed by atoms with Gasteiger partial charge in [0.2, 0.25) is 0 Å². The first kappa shape index (κ1) is 23.8. The van der Waals surface area contributed by atoms with Crippen LogP contribution in [0.5, 0.6) is 0 Å². The highest BCUT2D eigenvalue weighted by molar-refractivity contribution is 5.93. The minimum absolute atomic E-state index is 0.106. The molecule has 2 aromatic carbocycles. The van der Waals surface area contributed by atoms with E-state index < -0.39 is 17.9 Å². The van der Waals surface area contributed by atoms with Crippen LogP contribution in [0.4, 0.5) is 24.7 Å². The number of anilines is 2. The molecule has 0 saturated carbocycles. The zero-order chi connectivity index (χ0) is 24.7. The monoisotopic (exact) mass is 484 g/mol. The van der Waals surface area contributed by atoms with E-state index in [1.165, 1.54) is 32.4 Å². The van der Waals surface area contributed by atoms with Crippen LogP contribution in [-0.4, -0.2) is 47.8 Å². The maximum Gasteiger partial charge on any atom is 0.416 e. The Hall–Kier alpha value is -2.91. The summed E-state index contributed by atoms with van der Waals surface area (Å²) in [6, 6.07) is 10.9. The summed E-state index contributed by atoms with van der Waals surface area (Å²) in [5.74, 6) is 1.12. The molecule has 1 aromatic heterocycles. The van der Waals surface area contributed by atoms with E-state index in [1.807, 2.05) is 6.07 Å². The second-order valence-corrected chi connectivity index (χ2v) is 9.79. The number of benzene rings is 2. The quantitative estimate of drug-likeness (QED) is 0.511. The Bertz CT molecular complexity index is 1210. The molecule has 6 nitrogen and oxygen atoms in total. The number of aromatic nitrogens is 2. The lowest BCUT2D eigenvalue weighted by Crippen LogP contribution is -2.52. The van der Waals surface area contributed by atoms with E-state index in [2.05, 4.69) is 44.5 Å². The Kier molecular flexibility index (Phi) is 6.31. The number of alkyl halides is 3. The summed E-state index contributed by atoms with van der Waals surface area (Å²) in [6.45, 7) is 4.63. The van der Waals surface area contributed by atoms with E-state index in [0.29, 0.717) is 23.3 Å². The number of hydrogen-bond acceptors (Lipinski definition) is 6. The van der Waals surface area contributed by atoms with Crippen LogP contribution in [0.2, 0.25) is 0 Å². The fraction of sp³-hybridized carbons (Fsp3) is 0.462. The summed E-state index contributed by atoms with van der Waals surface area (Å²) in [4.78, 5) is 4.93. The van der Waals surface area contributed by atoms with Crippen LogP contribution in [0, 0.1) is 12.8 Å². The maximum absolute atomic E-state index is 13.4. The number of nitrogens with one attached hydrogen (secondary N) is 1. The van der Waals surface area contributed by atoms with Gasteiger partial charge in [-0.25, -0.2) is 0 Å². The number of rotatable bonds is 4. The van der Waals surface area contributed by atoms with E-state index >= 15 is 0 Å². The summed E-state index contributed by atoms with van der Waals surface area (Å²) in [7, 11) is 2.23. The smallest absolute Gasteiger partial charge is 0.371 e. The number of hydrogen-bond donors (Lipinski definition) is 2. The van der Waals surface area contributed by atoms with Crippen LogP contribution in [-0.2, 0) is 6.18 Å². The molecule has 35 heavy (non-hydrogen) atoms. The standard InChI is InChI=1S/C26H31F3N6/c1-16-20(6-3-7-22(16)26(27,28)29)24(30)32-25-21-13-19(9-8-17(21)14-31-33-25)35-12-10-23-18(15-35)5-4-11-34(23)2/h3,6-9,13-14,18,23-24H,4-5,10-12,15,30H2,1-2H3,(H,32,33)/t18?,23?,24-/m0/s1. The highest BCUT2D eigenvalue weighted by Crippen LogP contribution is 2.36. The van der Waals surface area contributed by atoms with Gasteiger partial charge in [-0.1, -0.05) is 18.2 Å². The molecule has 0 radical (unpaired) electrons. The molecule has 0 spiro atoms. The van der Waals surface area contributed by atoms with Gasteiger partial charge in [-0.2, -0.15) is 18.3 Å². The van der Waals surface area contributed by atoms with Crippen LogP contribution in [0.1, 0.15) is 42.1 Å². The number of nitrogens with zero attached hydrogens (tertiary/aromatic N) is 4. The Balaban J connectivity index is 1.42. The van der Waals surface area contributed by atoms with Crippen molar-refractivity contribution in [2.75, 3.05) is 36.9 Å². The maximum atomic E-state index is 13.4. The molecule has 0 bridgehead atoms. The summed E-state index contributed by atoms with van der Waals surface area (Å²) >= 11 is 0. The average Bonchev–Trinajstić information content (AvgIpc) is 2.83. The molecule has 186 valence electrons. The van der Waals surface area contributed by atoms with Gasteiger partial charge in [0.25, 0.3) is 0 Å². The highest BCUT2D eigenvalue weighted by Gasteiger charge is 2.35. The third-order valence-corrected chi connectivity index (χ3v) is 7.67. The lowest BCUT2D eigenvalue weighted by molar-refractivity contribution is -0.138. The predicted octanol–water partition coefficient (Wildman–Crippen LogP) is 4.95. The molecule has 3 aromatic rings. The second-order valence-electron chi connectivity index (χ2n) is 9.79. The van der Waals surface area contributed by atoms with Gasteiger partial charge in [-0.3, -0.25) is 0 Å². The normalized spacial score (nSPS) is 22.2. The lowest BCUT2D eigenvalue weighted by atomic mass is 9.84. The Morgan fingerprint density at radius 1 is 1.14 bits per heavy atom. The predicted molar refractivity (Wildman–Crippen MR) is 132 cm³/mol. The lowest BCUT2D eigenvalue weighted by Gasteiger charge is -2.46. The zero-order valence-electron chi connectivity index (χ0n) is 20.0. The molecule has 2 fully saturated rings. The molecule has 2 aliphatic rings. The van der Waals surface area contributed by atoms with Gasteiger partial charge in [0, 0.05) is 35.6 Å². The van der Waals surface area contributed by atoms with Gasteiger partial charge in [0.15, 0.2) is 5.82 Å². The molecule has 0 amide bonds. The first-order valence-corrected chi connectivity index (χ1v) is 12.1. The van der Waals surface area contributed by atoms with Crippen molar-refractivity contribution in [2.24, 2.45) is 11.7 Å². The van der Waals surface area contributed by atoms with Crippen molar-refractivity contribution in [2.45, 2.75) is 44.6 Å². The van der Waals surface area contributed by atoms with Crippen LogP contribution >= 0.6 is 0 Å². The number of nitrogens with two attached hydrogens (primary N) is 1. The highest BCUT2D eigenvalue weighted by atomic mass is 19.4. The first-order chi connectivity index (χ1) is 16.7.